The first-order valence-corrected chi connectivity index (χ1v) is 7.55. The van der Waals surface area contributed by atoms with Gasteiger partial charge in [0.15, 0.2) is 0 Å². The molecule has 7 nitrogen and oxygen atoms in total. The molecule has 0 aliphatic carbocycles. The molecule has 0 amide bonds. The number of benzene rings is 1. The molecule has 8 heteroatoms. The summed E-state index contributed by atoms with van der Waals surface area (Å²) in [5.41, 5.74) is 0.750. The molecule has 1 aromatic heterocycles. The van der Waals surface area contributed by atoms with Crippen molar-refractivity contribution in [1.82, 2.24) is 0 Å². The molecule has 1 aromatic carbocycles. The third kappa shape index (κ3) is 3.89. The number of methoxy groups -OCH3 is 2. The summed E-state index contributed by atoms with van der Waals surface area (Å²) in [6, 6.07) is 8.18. The zero-order valence-electron chi connectivity index (χ0n) is 11.6. The Morgan fingerprint density at radius 2 is 1.76 bits per heavy atom. The van der Waals surface area contributed by atoms with Crippen molar-refractivity contribution in [1.29, 1.82) is 0 Å². The minimum absolute atomic E-state index is 0.262. The number of anilines is 1. The van der Waals surface area contributed by atoms with Crippen LogP contribution in [0, 0.1) is 0 Å². The van der Waals surface area contributed by atoms with E-state index in [9.17, 15) is 8.42 Å². The Morgan fingerprint density at radius 1 is 1.14 bits per heavy atom. The first-order chi connectivity index (χ1) is 9.92. The maximum absolute atomic E-state index is 11.1. The molecule has 3 N–H and O–H groups in total. The lowest BCUT2D eigenvalue weighted by Crippen LogP contribution is -2.10. The summed E-state index contributed by atoms with van der Waals surface area (Å²) in [6.07, 6.45) is 0. The van der Waals surface area contributed by atoms with Crippen molar-refractivity contribution >= 4 is 15.7 Å². The number of hydrogen-bond acceptors (Lipinski definition) is 6. The Hall–Kier alpha value is -2.19. The number of nitrogens with two attached hydrogens (primary N) is 1. The van der Waals surface area contributed by atoms with Gasteiger partial charge in [-0.2, -0.15) is 0 Å². The average molecular weight is 312 g/mol. The Bertz CT molecular complexity index is 702. The van der Waals surface area contributed by atoms with Crippen LogP contribution in [0.15, 0.2) is 39.8 Å². The molecule has 21 heavy (non-hydrogen) atoms. The van der Waals surface area contributed by atoms with Gasteiger partial charge >= 0.3 is 0 Å². The van der Waals surface area contributed by atoms with E-state index in [2.05, 4.69) is 5.32 Å². The summed E-state index contributed by atoms with van der Waals surface area (Å²) in [6.45, 7) is 0.297. The number of furan rings is 1. The summed E-state index contributed by atoms with van der Waals surface area (Å²) < 4.78 is 37.7. The molecule has 0 aliphatic heterocycles. The summed E-state index contributed by atoms with van der Waals surface area (Å²) in [4.78, 5) is 0. The number of hydrogen-bond donors (Lipinski definition) is 2. The third-order valence-electron chi connectivity index (χ3n) is 2.74. The molecule has 114 valence electrons. The Balaban J connectivity index is 2.11. The van der Waals surface area contributed by atoms with E-state index in [0.717, 1.165) is 5.69 Å². The predicted octanol–water partition coefficient (Wildman–Crippen LogP) is 1.56. The predicted molar refractivity (Wildman–Crippen MR) is 77.0 cm³/mol. The first kappa shape index (κ1) is 15.2. The lowest BCUT2D eigenvalue weighted by Gasteiger charge is -2.09. The molecule has 0 saturated heterocycles. The van der Waals surface area contributed by atoms with E-state index in [1.807, 2.05) is 0 Å². The zero-order chi connectivity index (χ0) is 15.5. The largest absolute Gasteiger partial charge is 0.497 e. The van der Waals surface area contributed by atoms with Crippen molar-refractivity contribution < 1.29 is 22.3 Å². The van der Waals surface area contributed by atoms with Crippen LogP contribution >= 0.6 is 0 Å². The van der Waals surface area contributed by atoms with Crippen molar-refractivity contribution in [3.05, 3.63) is 36.1 Å². The fraction of sp³-hybridized carbons (Fsp3) is 0.231. The van der Waals surface area contributed by atoms with Gasteiger partial charge in [-0.05, 0) is 12.1 Å². The smallest absolute Gasteiger partial charge is 0.271 e. The summed E-state index contributed by atoms with van der Waals surface area (Å²) in [7, 11) is -0.703. The van der Waals surface area contributed by atoms with Gasteiger partial charge in [0.05, 0.1) is 20.8 Å². The molecular weight excluding hydrogens is 296 g/mol. The maximum Gasteiger partial charge on any atom is 0.271 e. The van der Waals surface area contributed by atoms with Gasteiger partial charge in [0.2, 0.25) is 5.09 Å². The summed E-state index contributed by atoms with van der Waals surface area (Å²) >= 11 is 0. The Labute approximate surface area is 122 Å². The number of nitrogens with one attached hydrogen (secondary N) is 1. The molecule has 0 atom stereocenters. The van der Waals surface area contributed by atoms with Gasteiger partial charge in [-0.1, -0.05) is 0 Å². The third-order valence-corrected chi connectivity index (χ3v) is 3.52. The van der Waals surface area contributed by atoms with Gasteiger partial charge in [0.25, 0.3) is 10.0 Å². The molecule has 0 aliphatic rings. The molecule has 0 bridgehead atoms. The summed E-state index contributed by atoms with van der Waals surface area (Å²) in [5, 5.41) is 7.80. The van der Waals surface area contributed by atoms with Crippen molar-refractivity contribution in [2.45, 2.75) is 11.6 Å². The van der Waals surface area contributed by atoms with Crippen molar-refractivity contribution in [3.63, 3.8) is 0 Å². The standard InChI is InChI=1S/C13H16N2O5S/c1-18-11-5-9(6-12(7-11)19-2)15-8-10-3-4-13(20-10)21(14,16)17/h3-7,15H,8H2,1-2H3,(H2,14,16,17). The molecule has 0 unspecified atom stereocenters. The fourth-order valence-electron chi connectivity index (χ4n) is 1.70. The monoisotopic (exact) mass is 312 g/mol. The number of ether oxygens (including phenoxy) is 2. The van der Waals surface area contributed by atoms with Gasteiger partial charge in [0.1, 0.15) is 17.3 Å². The molecule has 2 aromatic rings. The van der Waals surface area contributed by atoms with Crippen LogP contribution in [0.5, 0.6) is 11.5 Å². The van der Waals surface area contributed by atoms with Crippen LogP contribution < -0.4 is 19.9 Å². The van der Waals surface area contributed by atoms with Crippen molar-refractivity contribution in [3.8, 4) is 11.5 Å². The Kier molecular flexibility index (Phi) is 4.39. The highest BCUT2D eigenvalue weighted by atomic mass is 32.2. The van der Waals surface area contributed by atoms with Crippen LogP contribution in [-0.2, 0) is 16.6 Å². The number of sulfonamides is 1. The van der Waals surface area contributed by atoms with Gasteiger partial charge in [-0.15, -0.1) is 0 Å². The lowest BCUT2D eigenvalue weighted by atomic mass is 10.2. The van der Waals surface area contributed by atoms with Crippen LogP contribution in [-0.4, -0.2) is 22.6 Å². The van der Waals surface area contributed by atoms with Crippen molar-refractivity contribution in [2.75, 3.05) is 19.5 Å². The van der Waals surface area contributed by atoms with E-state index in [1.165, 1.54) is 6.07 Å². The average Bonchev–Trinajstić information content (AvgIpc) is 2.93. The van der Waals surface area contributed by atoms with E-state index in [0.29, 0.717) is 23.8 Å². The SMILES string of the molecule is COc1cc(NCc2ccc(S(N)(=O)=O)o2)cc(OC)c1. The number of primary sulfonamides is 1. The normalized spacial score (nSPS) is 11.2. The zero-order valence-corrected chi connectivity index (χ0v) is 12.4. The topological polar surface area (TPSA) is 104 Å². The second-order valence-corrected chi connectivity index (χ2v) is 5.71. The highest BCUT2D eigenvalue weighted by Gasteiger charge is 2.13. The minimum atomic E-state index is -3.82. The van der Waals surface area contributed by atoms with Gasteiger partial charge in [-0.3, -0.25) is 0 Å². The van der Waals surface area contributed by atoms with E-state index >= 15 is 0 Å². The van der Waals surface area contributed by atoms with Gasteiger partial charge < -0.3 is 19.2 Å². The molecular formula is C13H16N2O5S. The van der Waals surface area contributed by atoms with Crippen LogP contribution in [0.2, 0.25) is 0 Å². The van der Waals surface area contributed by atoms with Crippen LogP contribution in [0.4, 0.5) is 5.69 Å². The molecule has 2 rings (SSSR count). The van der Waals surface area contributed by atoms with E-state index in [1.54, 1.807) is 38.5 Å². The molecule has 0 radical (unpaired) electrons. The van der Waals surface area contributed by atoms with Crippen LogP contribution in [0.3, 0.4) is 0 Å². The quantitative estimate of drug-likeness (QED) is 0.839. The van der Waals surface area contributed by atoms with E-state index in [4.69, 9.17) is 19.0 Å². The van der Waals surface area contributed by atoms with Crippen molar-refractivity contribution in [2.24, 2.45) is 5.14 Å². The molecule has 0 spiro atoms. The fourth-order valence-corrected chi connectivity index (χ4v) is 2.19. The molecule has 0 fully saturated rings. The number of rotatable bonds is 6. The minimum Gasteiger partial charge on any atom is -0.497 e. The molecule has 0 saturated carbocycles. The highest BCUT2D eigenvalue weighted by molar-refractivity contribution is 7.89. The second kappa shape index (κ2) is 6.06. The van der Waals surface area contributed by atoms with Crippen LogP contribution in [0.1, 0.15) is 5.76 Å². The van der Waals surface area contributed by atoms with E-state index in [-0.39, 0.29) is 5.09 Å². The van der Waals surface area contributed by atoms with Gasteiger partial charge in [0, 0.05) is 23.9 Å². The Morgan fingerprint density at radius 3 is 2.24 bits per heavy atom. The summed E-state index contributed by atoms with van der Waals surface area (Å²) in [5.74, 6) is 1.73. The lowest BCUT2D eigenvalue weighted by molar-refractivity contribution is 0.394. The molecule has 1 heterocycles. The van der Waals surface area contributed by atoms with Gasteiger partial charge in [-0.25, -0.2) is 13.6 Å². The van der Waals surface area contributed by atoms with E-state index < -0.39 is 10.0 Å². The van der Waals surface area contributed by atoms with Crippen LogP contribution in [0.25, 0.3) is 0 Å². The first-order valence-electron chi connectivity index (χ1n) is 6.01. The highest BCUT2D eigenvalue weighted by Crippen LogP contribution is 2.26. The maximum atomic E-state index is 11.1. The second-order valence-electron chi connectivity index (χ2n) is 4.22.